The largest absolute Gasteiger partial charge is 0.338 e. The first-order chi connectivity index (χ1) is 9.74. The lowest BCUT2D eigenvalue weighted by Crippen LogP contribution is -2.44. The molecule has 0 amide bonds. The SMILES string of the molecule is Fc1ccc(-c2cnc(N3CCNCC3)nc2)c(F)c1. The number of anilines is 1. The molecule has 1 N–H and O–H groups in total. The molecule has 6 heteroatoms. The fourth-order valence-corrected chi connectivity index (χ4v) is 2.21. The van der Waals surface area contributed by atoms with Gasteiger partial charge in [-0.05, 0) is 12.1 Å². The summed E-state index contributed by atoms with van der Waals surface area (Å²) < 4.78 is 26.6. The van der Waals surface area contributed by atoms with Crippen LogP contribution >= 0.6 is 0 Å². The van der Waals surface area contributed by atoms with Gasteiger partial charge in [-0.25, -0.2) is 18.7 Å². The van der Waals surface area contributed by atoms with Gasteiger partial charge in [0.15, 0.2) is 0 Å². The number of rotatable bonds is 2. The number of aromatic nitrogens is 2. The fourth-order valence-electron chi connectivity index (χ4n) is 2.21. The molecule has 1 aliphatic heterocycles. The van der Waals surface area contributed by atoms with Gasteiger partial charge in [-0.3, -0.25) is 0 Å². The minimum Gasteiger partial charge on any atom is -0.338 e. The van der Waals surface area contributed by atoms with Crippen LogP contribution < -0.4 is 10.2 Å². The lowest BCUT2D eigenvalue weighted by Gasteiger charge is -2.27. The van der Waals surface area contributed by atoms with Crippen LogP contribution in [0.25, 0.3) is 11.1 Å². The Labute approximate surface area is 115 Å². The van der Waals surface area contributed by atoms with Crippen molar-refractivity contribution in [2.24, 2.45) is 0 Å². The Morgan fingerprint density at radius 1 is 1.05 bits per heavy atom. The van der Waals surface area contributed by atoms with Crippen LogP contribution in [0.2, 0.25) is 0 Å². The highest BCUT2D eigenvalue weighted by atomic mass is 19.1. The van der Waals surface area contributed by atoms with E-state index in [1.165, 1.54) is 12.1 Å². The van der Waals surface area contributed by atoms with Crippen LogP contribution in [0.15, 0.2) is 30.6 Å². The maximum absolute atomic E-state index is 13.7. The summed E-state index contributed by atoms with van der Waals surface area (Å²) >= 11 is 0. The highest BCUT2D eigenvalue weighted by Crippen LogP contribution is 2.23. The van der Waals surface area contributed by atoms with Crippen molar-refractivity contribution in [3.05, 3.63) is 42.2 Å². The second kappa shape index (κ2) is 5.50. The number of nitrogens with one attached hydrogen (secondary N) is 1. The van der Waals surface area contributed by atoms with Gasteiger partial charge in [0, 0.05) is 55.8 Å². The molecule has 0 unspecified atom stereocenters. The van der Waals surface area contributed by atoms with Crippen molar-refractivity contribution < 1.29 is 8.78 Å². The number of hydrogen-bond acceptors (Lipinski definition) is 4. The molecule has 20 heavy (non-hydrogen) atoms. The molecule has 104 valence electrons. The summed E-state index contributed by atoms with van der Waals surface area (Å²) in [6, 6.07) is 3.48. The van der Waals surface area contributed by atoms with Crippen LogP contribution in [0.3, 0.4) is 0 Å². The maximum Gasteiger partial charge on any atom is 0.225 e. The molecule has 0 spiro atoms. The summed E-state index contributed by atoms with van der Waals surface area (Å²) in [4.78, 5) is 10.6. The maximum atomic E-state index is 13.7. The second-order valence-electron chi connectivity index (χ2n) is 4.63. The van der Waals surface area contributed by atoms with Crippen LogP contribution in [0.5, 0.6) is 0 Å². The normalized spacial score (nSPS) is 15.4. The van der Waals surface area contributed by atoms with E-state index in [1.807, 2.05) is 0 Å². The van der Waals surface area contributed by atoms with Crippen molar-refractivity contribution in [3.8, 4) is 11.1 Å². The van der Waals surface area contributed by atoms with E-state index in [0.717, 1.165) is 32.2 Å². The van der Waals surface area contributed by atoms with Crippen molar-refractivity contribution in [1.29, 1.82) is 0 Å². The highest BCUT2D eigenvalue weighted by Gasteiger charge is 2.13. The minimum atomic E-state index is -0.608. The van der Waals surface area contributed by atoms with Gasteiger partial charge in [0.2, 0.25) is 5.95 Å². The van der Waals surface area contributed by atoms with E-state index in [1.54, 1.807) is 12.4 Å². The van der Waals surface area contributed by atoms with Crippen LogP contribution in [0.4, 0.5) is 14.7 Å². The van der Waals surface area contributed by atoms with Gasteiger partial charge < -0.3 is 10.2 Å². The van der Waals surface area contributed by atoms with Crippen LogP contribution in [0, 0.1) is 11.6 Å². The molecule has 4 nitrogen and oxygen atoms in total. The summed E-state index contributed by atoms with van der Waals surface area (Å²) in [6.07, 6.45) is 3.14. The standard InChI is InChI=1S/C14H14F2N4/c15-11-1-2-12(13(16)7-11)10-8-18-14(19-9-10)20-5-3-17-4-6-20/h1-2,7-9,17H,3-6H2. The number of benzene rings is 1. The van der Waals surface area contributed by atoms with Crippen molar-refractivity contribution in [2.75, 3.05) is 31.1 Å². The first-order valence-corrected chi connectivity index (χ1v) is 6.47. The molecular weight excluding hydrogens is 262 g/mol. The monoisotopic (exact) mass is 276 g/mol. The number of nitrogens with zero attached hydrogens (tertiary/aromatic N) is 3. The van der Waals surface area contributed by atoms with Gasteiger partial charge in [0.1, 0.15) is 11.6 Å². The number of halogens is 2. The number of hydrogen-bond donors (Lipinski definition) is 1. The van der Waals surface area contributed by atoms with Crippen LogP contribution in [0.1, 0.15) is 0 Å². The van der Waals surface area contributed by atoms with Crippen LogP contribution in [-0.2, 0) is 0 Å². The Bertz CT molecular complexity index is 595. The summed E-state index contributed by atoms with van der Waals surface area (Å²) in [7, 11) is 0. The lowest BCUT2D eigenvalue weighted by atomic mass is 10.1. The Kier molecular flexibility index (Phi) is 3.56. The average molecular weight is 276 g/mol. The molecule has 0 atom stereocenters. The van der Waals surface area contributed by atoms with Gasteiger partial charge in [-0.2, -0.15) is 0 Å². The highest BCUT2D eigenvalue weighted by molar-refractivity contribution is 5.62. The van der Waals surface area contributed by atoms with E-state index < -0.39 is 11.6 Å². The van der Waals surface area contributed by atoms with Gasteiger partial charge in [-0.15, -0.1) is 0 Å². The molecule has 1 aromatic heterocycles. The fraction of sp³-hybridized carbons (Fsp3) is 0.286. The summed E-state index contributed by atoms with van der Waals surface area (Å²) in [6.45, 7) is 3.50. The van der Waals surface area contributed by atoms with Crippen molar-refractivity contribution in [2.45, 2.75) is 0 Å². The smallest absolute Gasteiger partial charge is 0.225 e. The Morgan fingerprint density at radius 2 is 1.75 bits per heavy atom. The third-order valence-electron chi connectivity index (χ3n) is 3.28. The third-order valence-corrected chi connectivity index (χ3v) is 3.28. The zero-order valence-corrected chi connectivity index (χ0v) is 10.8. The van der Waals surface area contributed by atoms with E-state index in [-0.39, 0.29) is 0 Å². The molecule has 1 fully saturated rings. The minimum absolute atomic E-state index is 0.304. The van der Waals surface area contributed by atoms with Crippen molar-refractivity contribution in [3.63, 3.8) is 0 Å². The van der Waals surface area contributed by atoms with Gasteiger partial charge in [0.25, 0.3) is 0 Å². The molecular formula is C14H14F2N4. The summed E-state index contributed by atoms with van der Waals surface area (Å²) in [5, 5.41) is 3.25. The molecule has 1 aliphatic rings. The Balaban J connectivity index is 1.85. The molecule has 1 aromatic carbocycles. The van der Waals surface area contributed by atoms with Crippen LogP contribution in [-0.4, -0.2) is 36.1 Å². The van der Waals surface area contributed by atoms with Gasteiger partial charge in [-0.1, -0.05) is 0 Å². The predicted molar refractivity (Wildman–Crippen MR) is 72.5 cm³/mol. The van der Waals surface area contributed by atoms with Crippen molar-refractivity contribution >= 4 is 5.95 Å². The van der Waals surface area contributed by atoms with Gasteiger partial charge in [0.05, 0.1) is 0 Å². The molecule has 1 saturated heterocycles. The lowest BCUT2D eigenvalue weighted by molar-refractivity contribution is 0.579. The first kappa shape index (κ1) is 12.9. The zero-order valence-electron chi connectivity index (χ0n) is 10.8. The third kappa shape index (κ3) is 2.60. The van der Waals surface area contributed by atoms with E-state index in [4.69, 9.17) is 0 Å². The predicted octanol–water partition coefficient (Wildman–Crippen LogP) is 1.83. The van der Waals surface area contributed by atoms with Gasteiger partial charge >= 0.3 is 0 Å². The van der Waals surface area contributed by atoms with Crippen molar-refractivity contribution in [1.82, 2.24) is 15.3 Å². The zero-order chi connectivity index (χ0) is 13.9. The first-order valence-electron chi connectivity index (χ1n) is 6.47. The molecule has 2 aromatic rings. The van der Waals surface area contributed by atoms with E-state index in [0.29, 0.717) is 17.1 Å². The average Bonchev–Trinajstić information content (AvgIpc) is 2.48. The molecule has 3 rings (SSSR count). The van der Waals surface area contributed by atoms with E-state index in [2.05, 4.69) is 20.2 Å². The molecule has 2 heterocycles. The summed E-state index contributed by atoms with van der Waals surface area (Å²) in [5.74, 6) is -0.564. The number of piperazine rings is 1. The summed E-state index contributed by atoms with van der Waals surface area (Å²) in [5.41, 5.74) is 0.847. The molecule has 0 radical (unpaired) electrons. The Morgan fingerprint density at radius 3 is 2.40 bits per heavy atom. The molecule has 0 saturated carbocycles. The second-order valence-corrected chi connectivity index (χ2v) is 4.63. The molecule has 0 bridgehead atoms. The Hall–Kier alpha value is -2.08. The molecule has 0 aliphatic carbocycles. The van der Waals surface area contributed by atoms with E-state index in [9.17, 15) is 8.78 Å². The van der Waals surface area contributed by atoms with E-state index >= 15 is 0 Å². The quantitative estimate of drug-likeness (QED) is 0.908. The topological polar surface area (TPSA) is 41.1 Å².